The van der Waals surface area contributed by atoms with Gasteiger partial charge in [0.05, 0.1) is 11.1 Å². The van der Waals surface area contributed by atoms with Crippen LogP contribution >= 0.6 is 0 Å². The average molecular weight is 318 g/mol. The Balaban J connectivity index is 1.64. The lowest BCUT2D eigenvalue weighted by Gasteiger charge is -2.31. The first-order chi connectivity index (χ1) is 11.7. The van der Waals surface area contributed by atoms with Gasteiger partial charge in [0.2, 0.25) is 0 Å². The third-order valence-corrected chi connectivity index (χ3v) is 5.28. The van der Waals surface area contributed by atoms with E-state index in [4.69, 9.17) is 9.97 Å². The van der Waals surface area contributed by atoms with E-state index in [1.165, 1.54) is 0 Å². The Hall–Kier alpha value is -2.53. The van der Waals surface area contributed by atoms with E-state index in [1.807, 2.05) is 30.3 Å². The number of hydrogen-bond acceptors (Lipinski definition) is 5. The van der Waals surface area contributed by atoms with Crippen molar-refractivity contribution in [2.45, 2.75) is 18.4 Å². The molecule has 0 bridgehead atoms. The van der Waals surface area contributed by atoms with E-state index >= 15 is 0 Å². The Morgan fingerprint density at radius 1 is 1.08 bits per heavy atom. The first kappa shape index (κ1) is 13.9. The number of fused-ring (bicyclic) bond motifs is 2. The molecule has 1 saturated heterocycles. The van der Waals surface area contributed by atoms with Crippen LogP contribution in [0.15, 0.2) is 48.8 Å². The molecule has 5 rings (SSSR count). The lowest BCUT2D eigenvalue weighted by atomic mass is 10.1. The summed E-state index contributed by atoms with van der Waals surface area (Å²) in [7, 11) is 0. The first-order valence-corrected chi connectivity index (χ1v) is 8.37. The van der Waals surface area contributed by atoms with Crippen molar-refractivity contribution in [2.24, 2.45) is 5.92 Å². The Morgan fingerprint density at radius 3 is 2.75 bits per heavy atom. The van der Waals surface area contributed by atoms with Crippen LogP contribution in [-0.4, -0.2) is 38.7 Å². The van der Waals surface area contributed by atoms with E-state index in [0.29, 0.717) is 5.92 Å². The third kappa shape index (κ3) is 2.16. The highest BCUT2D eigenvalue weighted by molar-refractivity contribution is 5.91. The van der Waals surface area contributed by atoms with Crippen LogP contribution < -0.4 is 4.90 Å². The maximum absolute atomic E-state index is 10.3. The number of benzene rings is 1. The number of nitrogens with zero attached hydrogens (tertiary/aromatic N) is 4. The zero-order chi connectivity index (χ0) is 16.1. The molecule has 5 nitrogen and oxygen atoms in total. The van der Waals surface area contributed by atoms with Crippen LogP contribution in [0.5, 0.6) is 0 Å². The van der Waals surface area contributed by atoms with E-state index in [2.05, 4.69) is 16.0 Å². The smallest absolute Gasteiger partial charge is 0.162 e. The van der Waals surface area contributed by atoms with Crippen LogP contribution in [0, 0.1) is 5.92 Å². The fourth-order valence-corrected chi connectivity index (χ4v) is 3.72. The Morgan fingerprint density at radius 2 is 1.92 bits per heavy atom. The third-order valence-electron chi connectivity index (χ3n) is 5.28. The zero-order valence-corrected chi connectivity index (χ0v) is 13.3. The van der Waals surface area contributed by atoms with Crippen LogP contribution in [0.4, 0.5) is 5.82 Å². The number of piperidine rings is 1. The van der Waals surface area contributed by atoms with E-state index in [-0.39, 0.29) is 0 Å². The molecule has 24 heavy (non-hydrogen) atoms. The Bertz CT molecular complexity index is 914. The summed E-state index contributed by atoms with van der Waals surface area (Å²) in [5.41, 5.74) is 1.51. The van der Waals surface area contributed by atoms with Crippen molar-refractivity contribution in [1.82, 2.24) is 15.0 Å². The predicted molar refractivity (Wildman–Crippen MR) is 92.7 cm³/mol. The first-order valence-electron chi connectivity index (χ1n) is 8.37. The van der Waals surface area contributed by atoms with Crippen molar-refractivity contribution in [3.05, 3.63) is 48.8 Å². The molecule has 3 heterocycles. The van der Waals surface area contributed by atoms with Crippen LogP contribution in [-0.2, 0) is 0 Å². The second-order valence-electron chi connectivity index (χ2n) is 6.82. The number of pyridine rings is 1. The summed E-state index contributed by atoms with van der Waals surface area (Å²) < 4.78 is 0. The van der Waals surface area contributed by atoms with Crippen LogP contribution in [0.2, 0.25) is 0 Å². The maximum Gasteiger partial charge on any atom is 0.162 e. The highest BCUT2D eigenvalue weighted by Gasteiger charge is 2.55. The number of aromatic nitrogens is 3. The molecule has 0 spiro atoms. The van der Waals surface area contributed by atoms with E-state index in [1.54, 1.807) is 12.4 Å². The van der Waals surface area contributed by atoms with Gasteiger partial charge in [-0.2, -0.15) is 0 Å². The SMILES string of the molecule is O[C@@]12CCN(c3nc(-c4ccncc4)nc4ccccc34)C[C@@H]1C2. The van der Waals surface area contributed by atoms with Crippen molar-refractivity contribution >= 4 is 16.7 Å². The monoisotopic (exact) mass is 318 g/mol. The van der Waals surface area contributed by atoms with Crippen LogP contribution in [0.3, 0.4) is 0 Å². The van der Waals surface area contributed by atoms with E-state index in [0.717, 1.165) is 54.0 Å². The minimum absolute atomic E-state index is 0.379. The largest absolute Gasteiger partial charge is 0.389 e. The fraction of sp³-hybridized carbons (Fsp3) is 0.316. The molecule has 1 saturated carbocycles. The van der Waals surface area contributed by atoms with Crippen LogP contribution in [0.1, 0.15) is 12.8 Å². The maximum atomic E-state index is 10.3. The number of anilines is 1. The standard InChI is InChI=1S/C19H18N4O/c24-19-7-10-23(12-14(19)11-19)18-15-3-1-2-4-16(15)21-17(22-18)13-5-8-20-9-6-13/h1-6,8-9,14,24H,7,10-12H2/t14-,19+/m0/s1. The predicted octanol–water partition coefficient (Wildman–Crippen LogP) is 2.65. The second kappa shape index (κ2) is 4.98. The second-order valence-corrected chi connectivity index (χ2v) is 6.82. The van der Waals surface area contributed by atoms with Gasteiger partial charge in [-0.15, -0.1) is 0 Å². The number of para-hydroxylation sites is 1. The summed E-state index contributed by atoms with van der Waals surface area (Å²) in [6.45, 7) is 1.71. The molecule has 1 aliphatic carbocycles. The highest BCUT2D eigenvalue weighted by Crippen LogP contribution is 2.50. The minimum Gasteiger partial charge on any atom is -0.389 e. The van der Waals surface area contributed by atoms with Gasteiger partial charge in [-0.1, -0.05) is 12.1 Å². The average Bonchev–Trinajstić information content (AvgIpc) is 3.32. The van der Waals surface area contributed by atoms with Crippen molar-refractivity contribution in [3.63, 3.8) is 0 Å². The topological polar surface area (TPSA) is 62.1 Å². The molecule has 1 aromatic carbocycles. The molecule has 1 aliphatic heterocycles. The number of rotatable bonds is 2. The molecule has 3 aromatic rings. The molecular formula is C19H18N4O. The summed E-state index contributed by atoms with van der Waals surface area (Å²) in [5.74, 6) is 2.08. The normalized spacial score (nSPS) is 25.5. The zero-order valence-electron chi connectivity index (χ0n) is 13.3. The molecule has 2 aromatic heterocycles. The lowest BCUT2D eigenvalue weighted by Crippen LogP contribution is -2.38. The molecule has 0 unspecified atom stereocenters. The Labute approximate surface area is 140 Å². The molecule has 2 aliphatic rings. The molecule has 0 radical (unpaired) electrons. The van der Waals surface area contributed by atoms with E-state index < -0.39 is 5.60 Å². The van der Waals surface area contributed by atoms with Gasteiger partial charge in [-0.25, -0.2) is 9.97 Å². The van der Waals surface area contributed by atoms with Crippen molar-refractivity contribution in [2.75, 3.05) is 18.0 Å². The highest BCUT2D eigenvalue weighted by atomic mass is 16.3. The minimum atomic E-state index is -0.409. The quantitative estimate of drug-likeness (QED) is 0.787. The van der Waals surface area contributed by atoms with Gasteiger partial charge in [0.1, 0.15) is 5.82 Å². The molecule has 120 valence electrons. The van der Waals surface area contributed by atoms with Gasteiger partial charge in [0, 0.05) is 42.4 Å². The molecule has 0 amide bonds. The van der Waals surface area contributed by atoms with Crippen LogP contribution in [0.25, 0.3) is 22.3 Å². The van der Waals surface area contributed by atoms with Crippen molar-refractivity contribution in [1.29, 1.82) is 0 Å². The molecule has 2 fully saturated rings. The van der Waals surface area contributed by atoms with Crippen molar-refractivity contribution in [3.8, 4) is 11.4 Å². The summed E-state index contributed by atoms with van der Waals surface area (Å²) in [5, 5.41) is 11.4. The Kier molecular flexibility index (Phi) is 2.88. The molecular weight excluding hydrogens is 300 g/mol. The molecule has 1 N–H and O–H groups in total. The van der Waals surface area contributed by atoms with Gasteiger partial charge in [0.15, 0.2) is 5.82 Å². The summed E-state index contributed by atoms with van der Waals surface area (Å²) in [4.78, 5) is 16.0. The van der Waals surface area contributed by atoms with Gasteiger partial charge in [-0.05, 0) is 37.1 Å². The van der Waals surface area contributed by atoms with Gasteiger partial charge in [0.25, 0.3) is 0 Å². The van der Waals surface area contributed by atoms with Gasteiger partial charge >= 0.3 is 0 Å². The summed E-state index contributed by atoms with van der Waals surface area (Å²) >= 11 is 0. The van der Waals surface area contributed by atoms with E-state index in [9.17, 15) is 5.11 Å². The number of aliphatic hydroxyl groups is 1. The lowest BCUT2D eigenvalue weighted by molar-refractivity contribution is 0.114. The fourth-order valence-electron chi connectivity index (χ4n) is 3.72. The van der Waals surface area contributed by atoms with Gasteiger partial charge < -0.3 is 10.0 Å². The molecule has 2 atom stereocenters. The van der Waals surface area contributed by atoms with Gasteiger partial charge in [-0.3, -0.25) is 4.98 Å². The summed E-state index contributed by atoms with van der Waals surface area (Å²) in [6.07, 6.45) is 5.27. The summed E-state index contributed by atoms with van der Waals surface area (Å²) in [6, 6.07) is 12.0. The number of hydrogen-bond donors (Lipinski definition) is 1. The molecule has 5 heteroatoms. The van der Waals surface area contributed by atoms with Crippen molar-refractivity contribution < 1.29 is 5.11 Å².